The zero-order valence-corrected chi connectivity index (χ0v) is 11.0. The van der Waals surface area contributed by atoms with Crippen molar-refractivity contribution in [3.8, 4) is 11.4 Å². The van der Waals surface area contributed by atoms with Crippen LogP contribution in [-0.4, -0.2) is 28.3 Å². The zero-order chi connectivity index (χ0) is 13.3. The SMILES string of the molecule is OC1(c2nc(-c3cccc(Cl)c3)no2)CCNCC1. The topological polar surface area (TPSA) is 71.2 Å². The minimum atomic E-state index is -1.02. The molecule has 0 aliphatic carbocycles. The highest BCUT2D eigenvalue weighted by atomic mass is 35.5. The Labute approximate surface area is 115 Å². The van der Waals surface area contributed by atoms with Gasteiger partial charge in [0, 0.05) is 10.6 Å². The summed E-state index contributed by atoms with van der Waals surface area (Å²) in [6, 6.07) is 7.23. The van der Waals surface area contributed by atoms with E-state index >= 15 is 0 Å². The lowest BCUT2D eigenvalue weighted by atomic mass is 9.92. The van der Waals surface area contributed by atoms with E-state index in [4.69, 9.17) is 16.1 Å². The summed E-state index contributed by atoms with van der Waals surface area (Å²) < 4.78 is 5.22. The third-order valence-electron chi connectivity index (χ3n) is 3.34. The van der Waals surface area contributed by atoms with Crippen molar-refractivity contribution in [1.29, 1.82) is 0 Å². The van der Waals surface area contributed by atoms with Gasteiger partial charge in [0.1, 0.15) is 5.60 Å². The van der Waals surface area contributed by atoms with Crippen LogP contribution in [0.4, 0.5) is 0 Å². The molecular formula is C13H14ClN3O2. The van der Waals surface area contributed by atoms with Crippen LogP contribution in [0.5, 0.6) is 0 Å². The lowest BCUT2D eigenvalue weighted by Gasteiger charge is -2.28. The van der Waals surface area contributed by atoms with Gasteiger partial charge < -0.3 is 14.9 Å². The van der Waals surface area contributed by atoms with Gasteiger partial charge in [0.05, 0.1) is 0 Å². The normalized spacial score (nSPS) is 18.4. The molecule has 1 aromatic carbocycles. The highest BCUT2D eigenvalue weighted by molar-refractivity contribution is 6.30. The second-order valence-corrected chi connectivity index (χ2v) is 5.15. The van der Waals surface area contributed by atoms with Crippen molar-refractivity contribution >= 4 is 11.6 Å². The first-order valence-corrected chi connectivity index (χ1v) is 6.58. The molecule has 0 saturated carbocycles. The summed E-state index contributed by atoms with van der Waals surface area (Å²) >= 11 is 5.93. The minimum absolute atomic E-state index is 0.281. The van der Waals surface area contributed by atoms with Crippen molar-refractivity contribution in [2.75, 3.05) is 13.1 Å². The van der Waals surface area contributed by atoms with E-state index in [9.17, 15) is 5.11 Å². The maximum atomic E-state index is 10.5. The van der Waals surface area contributed by atoms with Gasteiger partial charge in [0.2, 0.25) is 5.82 Å². The molecule has 1 aliphatic rings. The van der Waals surface area contributed by atoms with Crippen molar-refractivity contribution < 1.29 is 9.63 Å². The number of nitrogens with one attached hydrogen (secondary N) is 1. The number of aliphatic hydroxyl groups is 1. The minimum Gasteiger partial charge on any atom is -0.380 e. The number of nitrogens with zero attached hydrogens (tertiary/aromatic N) is 2. The second-order valence-electron chi connectivity index (χ2n) is 4.72. The monoisotopic (exact) mass is 279 g/mol. The molecule has 5 nitrogen and oxygen atoms in total. The van der Waals surface area contributed by atoms with E-state index in [0.717, 1.165) is 18.7 Å². The van der Waals surface area contributed by atoms with E-state index in [0.29, 0.717) is 23.7 Å². The van der Waals surface area contributed by atoms with Crippen LogP contribution in [0.3, 0.4) is 0 Å². The Bertz CT molecular complexity index is 579. The number of piperidine rings is 1. The fraction of sp³-hybridized carbons (Fsp3) is 0.385. The van der Waals surface area contributed by atoms with E-state index in [2.05, 4.69) is 15.5 Å². The van der Waals surface area contributed by atoms with Gasteiger partial charge in [-0.2, -0.15) is 4.98 Å². The van der Waals surface area contributed by atoms with E-state index in [1.165, 1.54) is 0 Å². The summed E-state index contributed by atoms with van der Waals surface area (Å²) in [4.78, 5) is 4.30. The van der Waals surface area contributed by atoms with Gasteiger partial charge in [-0.15, -0.1) is 0 Å². The molecule has 0 atom stereocenters. The third-order valence-corrected chi connectivity index (χ3v) is 3.57. The largest absolute Gasteiger partial charge is 0.380 e. The number of hydrogen-bond donors (Lipinski definition) is 2. The number of hydrogen-bond acceptors (Lipinski definition) is 5. The van der Waals surface area contributed by atoms with E-state index in [-0.39, 0.29) is 5.89 Å². The van der Waals surface area contributed by atoms with Crippen LogP contribution in [0.15, 0.2) is 28.8 Å². The fourth-order valence-electron chi connectivity index (χ4n) is 2.21. The Balaban J connectivity index is 1.91. The molecule has 19 heavy (non-hydrogen) atoms. The Hall–Kier alpha value is -1.43. The lowest BCUT2D eigenvalue weighted by Crippen LogP contribution is -2.39. The standard InChI is InChI=1S/C13H14ClN3O2/c14-10-3-1-2-9(8-10)11-16-12(19-17-11)13(18)4-6-15-7-5-13/h1-3,8,15,18H,4-7H2. The van der Waals surface area contributed by atoms with Crippen molar-refractivity contribution in [2.24, 2.45) is 0 Å². The maximum absolute atomic E-state index is 10.5. The van der Waals surface area contributed by atoms with Crippen molar-refractivity contribution in [3.05, 3.63) is 35.2 Å². The number of benzene rings is 1. The van der Waals surface area contributed by atoms with Gasteiger partial charge in [0.15, 0.2) is 0 Å². The van der Waals surface area contributed by atoms with Gasteiger partial charge >= 0.3 is 0 Å². The van der Waals surface area contributed by atoms with Crippen molar-refractivity contribution in [2.45, 2.75) is 18.4 Å². The molecule has 2 N–H and O–H groups in total. The van der Waals surface area contributed by atoms with Crippen LogP contribution < -0.4 is 5.32 Å². The zero-order valence-electron chi connectivity index (χ0n) is 10.3. The molecule has 1 saturated heterocycles. The Morgan fingerprint density at radius 3 is 2.84 bits per heavy atom. The summed E-state index contributed by atoms with van der Waals surface area (Å²) in [7, 11) is 0. The lowest BCUT2D eigenvalue weighted by molar-refractivity contribution is -0.0228. The van der Waals surface area contributed by atoms with Crippen LogP contribution in [0, 0.1) is 0 Å². The number of aromatic nitrogens is 2. The number of rotatable bonds is 2. The third kappa shape index (κ3) is 2.49. The second kappa shape index (κ2) is 4.92. The molecular weight excluding hydrogens is 266 g/mol. The Morgan fingerprint density at radius 2 is 2.11 bits per heavy atom. The van der Waals surface area contributed by atoms with Crippen molar-refractivity contribution in [1.82, 2.24) is 15.5 Å². The smallest absolute Gasteiger partial charge is 0.259 e. The van der Waals surface area contributed by atoms with Gasteiger partial charge in [-0.25, -0.2) is 0 Å². The van der Waals surface area contributed by atoms with Crippen LogP contribution in [0.25, 0.3) is 11.4 Å². The quantitative estimate of drug-likeness (QED) is 0.879. The van der Waals surface area contributed by atoms with Crippen LogP contribution >= 0.6 is 11.6 Å². The molecule has 2 aromatic rings. The maximum Gasteiger partial charge on any atom is 0.259 e. The van der Waals surface area contributed by atoms with E-state index < -0.39 is 5.60 Å². The average molecular weight is 280 g/mol. The van der Waals surface area contributed by atoms with E-state index in [1.54, 1.807) is 12.1 Å². The first-order valence-electron chi connectivity index (χ1n) is 6.21. The average Bonchev–Trinajstić information content (AvgIpc) is 2.90. The Kier molecular flexibility index (Phi) is 3.26. The van der Waals surface area contributed by atoms with Gasteiger partial charge in [0.25, 0.3) is 5.89 Å². The summed E-state index contributed by atoms with van der Waals surface area (Å²) in [5, 5.41) is 18.2. The highest BCUT2D eigenvalue weighted by Crippen LogP contribution is 2.30. The van der Waals surface area contributed by atoms with Crippen LogP contribution in [0.1, 0.15) is 18.7 Å². The molecule has 1 fully saturated rings. The summed E-state index contributed by atoms with van der Waals surface area (Å²) in [5.41, 5.74) is -0.241. The van der Waals surface area contributed by atoms with Crippen molar-refractivity contribution in [3.63, 3.8) is 0 Å². The van der Waals surface area contributed by atoms with Crippen LogP contribution in [0.2, 0.25) is 5.02 Å². The molecule has 0 bridgehead atoms. The first kappa shape index (κ1) is 12.6. The van der Waals surface area contributed by atoms with Crippen LogP contribution in [-0.2, 0) is 5.60 Å². The predicted molar refractivity (Wildman–Crippen MR) is 70.7 cm³/mol. The summed E-state index contributed by atoms with van der Waals surface area (Å²) in [6.45, 7) is 1.48. The fourth-order valence-corrected chi connectivity index (χ4v) is 2.40. The molecule has 3 rings (SSSR count). The summed E-state index contributed by atoms with van der Waals surface area (Å²) in [6.07, 6.45) is 1.15. The Morgan fingerprint density at radius 1 is 1.32 bits per heavy atom. The molecule has 1 aromatic heterocycles. The van der Waals surface area contributed by atoms with Gasteiger partial charge in [-0.1, -0.05) is 28.9 Å². The highest BCUT2D eigenvalue weighted by Gasteiger charge is 2.37. The molecule has 0 amide bonds. The molecule has 0 spiro atoms. The molecule has 1 aliphatic heterocycles. The molecule has 6 heteroatoms. The molecule has 0 unspecified atom stereocenters. The summed E-state index contributed by atoms with van der Waals surface area (Å²) in [5.74, 6) is 0.730. The number of halogens is 1. The molecule has 100 valence electrons. The first-order chi connectivity index (χ1) is 9.17. The molecule has 0 radical (unpaired) electrons. The van der Waals surface area contributed by atoms with Gasteiger partial charge in [-0.3, -0.25) is 0 Å². The predicted octanol–water partition coefficient (Wildman–Crippen LogP) is 1.96. The van der Waals surface area contributed by atoms with E-state index in [1.807, 2.05) is 12.1 Å². The van der Waals surface area contributed by atoms with Gasteiger partial charge in [-0.05, 0) is 38.1 Å². The molecule has 2 heterocycles.